The van der Waals surface area contributed by atoms with Crippen LogP contribution in [0.15, 0.2) is 0 Å². The predicted octanol–water partition coefficient (Wildman–Crippen LogP) is 0.913. The summed E-state index contributed by atoms with van der Waals surface area (Å²) in [5.41, 5.74) is 0. The van der Waals surface area contributed by atoms with E-state index < -0.39 is 0 Å². The molecule has 0 aromatic rings. The molecule has 0 amide bonds. The first-order valence-electron chi connectivity index (χ1n) is 1.71. The first-order valence-corrected chi connectivity index (χ1v) is 5.35. The molecule has 6 heavy (non-hydrogen) atoms. The normalized spacial score (nSPS) is 5.83. The molecule has 1 N–H and O–H groups in total. The third-order valence-electron chi connectivity index (χ3n) is 0.354. The molecule has 0 radical (unpaired) electrons. The number of hydrogen-bond acceptors (Lipinski definition) is 1. The van der Waals surface area contributed by atoms with E-state index in [1.165, 1.54) is 0 Å². The number of hydrogen-bond donors (Lipinski definition) is 1. The summed E-state index contributed by atoms with van der Waals surface area (Å²) in [5, 5.41) is 2.93. The average Bonchev–Trinajstić information content (AvgIpc) is 1.72. The molecule has 0 saturated carbocycles. The molecule has 0 spiro atoms. The van der Waals surface area contributed by atoms with Gasteiger partial charge >= 0.3 is 28.2 Å². The van der Waals surface area contributed by atoms with E-state index in [4.69, 9.17) is 9.42 Å². The van der Waals surface area contributed by atoms with Gasteiger partial charge in [0.15, 0.2) is 0 Å². The number of halogens is 1. The van der Waals surface area contributed by atoms with E-state index in [9.17, 15) is 0 Å². The topological polar surface area (TPSA) is 12.0 Å². The Bertz CT molecular complexity index is 12.8. The van der Waals surface area contributed by atoms with Crippen molar-refractivity contribution in [2.45, 2.75) is 6.92 Å². The van der Waals surface area contributed by atoms with Crippen molar-refractivity contribution >= 4 is 9.42 Å². The van der Waals surface area contributed by atoms with Crippen LogP contribution in [0.1, 0.15) is 6.92 Å². The monoisotopic (exact) mass is 278 g/mol. The minimum atomic E-state index is 1.06. The van der Waals surface area contributed by atoms with Gasteiger partial charge < -0.3 is 5.32 Å². The van der Waals surface area contributed by atoms with Crippen LogP contribution < -0.4 is 5.32 Å². The van der Waals surface area contributed by atoms with Crippen molar-refractivity contribution in [1.82, 2.24) is 5.32 Å². The summed E-state index contributed by atoms with van der Waals surface area (Å²) < 4.78 is 0. The van der Waals surface area contributed by atoms with Crippen LogP contribution in [0, 0.1) is 0 Å². The molecule has 0 aliphatic carbocycles. The van der Waals surface area contributed by atoms with Gasteiger partial charge in [0, 0.05) is 0 Å². The molecule has 39 valence electrons. The van der Waals surface area contributed by atoms with Crippen LogP contribution in [-0.2, 0) is 18.8 Å². The second kappa shape index (κ2) is 16.8. The van der Waals surface area contributed by atoms with Crippen molar-refractivity contribution in [3.05, 3.63) is 0 Å². The maximum absolute atomic E-state index is 4.72. The molecule has 1 nitrogen and oxygen atoms in total. The molecule has 3 heteroatoms. The summed E-state index contributed by atoms with van der Waals surface area (Å²) in [5.74, 6) is 0. The molecule has 0 atom stereocenters. The van der Waals surface area contributed by atoms with Crippen molar-refractivity contribution in [3.8, 4) is 0 Å². The van der Waals surface area contributed by atoms with Crippen LogP contribution >= 0.6 is 9.42 Å². The van der Waals surface area contributed by atoms with Crippen molar-refractivity contribution in [1.29, 1.82) is 0 Å². The standard InChI is InChI=1S/C3H9N.ClH.W/c1-3-4-2;;/h4H,3H2,1-2H3;1H;/q;;+1/p-1. The van der Waals surface area contributed by atoms with Crippen molar-refractivity contribution in [2.75, 3.05) is 13.6 Å². The summed E-state index contributed by atoms with van der Waals surface area (Å²) in [6.45, 7) is 3.14. The maximum atomic E-state index is 4.72. The SMILES string of the molecule is CCNC.[Cl][W]. The van der Waals surface area contributed by atoms with E-state index in [-0.39, 0.29) is 0 Å². The van der Waals surface area contributed by atoms with Gasteiger partial charge in [0.2, 0.25) is 0 Å². The van der Waals surface area contributed by atoms with Gasteiger partial charge in [-0.25, -0.2) is 0 Å². The van der Waals surface area contributed by atoms with Crippen LogP contribution in [0.4, 0.5) is 0 Å². The third-order valence-corrected chi connectivity index (χ3v) is 0.354. The Labute approximate surface area is 54.3 Å². The van der Waals surface area contributed by atoms with E-state index >= 15 is 0 Å². The summed E-state index contributed by atoms with van der Waals surface area (Å²) in [7, 11) is 6.65. The molecule has 0 saturated heterocycles. The number of nitrogens with one attached hydrogen (secondary N) is 1. The Hall–Kier alpha value is 0.938. The Morgan fingerprint density at radius 1 is 1.67 bits per heavy atom. The molecule has 0 aromatic heterocycles. The van der Waals surface area contributed by atoms with E-state index in [2.05, 4.69) is 12.2 Å². The van der Waals surface area contributed by atoms with Crippen molar-refractivity contribution in [3.63, 3.8) is 0 Å². The fourth-order valence-electron chi connectivity index (χ4n) is 0. The fraction of sp³-hybridized carbons (Fsp3) is 1.00. The summed E-state index contributed by atoms with van der Waals surface area (Å²) in [4.78, 5) is 0. The van der Waals surface area contributed by atoms with Crippen LogP contribution in [0.3, 0.4) is 0 Å². The van der Waals surface area contributed by atoms with Gasteiger partial charge in [-0.05, 0) is 13.6 Å². The van der Waals surface area contributed by atoms with Crippen LogP contribution in [0.25, 0.3) is 0 Å². The third kappa shape index (κ3) is 20.4. The molecule has 0 bridgehead atoms. The summed E-state index contributed by atoms with van der Waals surface area (Å²) in [6.07, 6.45) is 0. The number of rotatable bonds is 1. The average molecular weight is 278 g/mol. The molecule has 0 aliphatic heterocycles. The first-order chi connectivity index (χ1) is 2.91. The van der Waals surface area contributed by atoms with Gasteiger partial charge in [-0.1, -0.05) is 6.92 Å². The zero-order chi connectivity index (χ0) is 5.41. The first kappa shape index (κ1) is 10.0. The van der Waals surface area contributed by atoms with Crippen LogP contribution in [0.5, 0.6) is 0 Å². The van der Waals surface area contributed by atoms with Crippen molar-refractivity contribution < 1.29 is 18.8 Å². The van der Waals surface area contributed by atoms with Crippen molar-refractivity contribution in [2.24, 2.45) is 0 Å². The minimum absolute atomic E-state index is 1.06. The molecule has 0 aliphatic rings. The van der Waals surface area contributed by atoms with Gasteiger partial charge in [-0.3, -0.25) is 0 Å². The van der Waals surface area contributed by atoms with Gasteiger partial charge in [-0.2, -0.15) is 0 Å². The van der Waals surface area contributed by atoms with Gasteiger partial charge in [-0.15, -0.1) is 0 Å². The second-order valence-corrected chi connectivity index (χ2v) is 0.707. The molecule has 0 unspecified atom stereocenters. The predicted molar refractivity (Wildman–Crippen MR) is 25.5 cm³/mol. The second-order valence-electron chi connectivity index (χ2n) is 0.707. The van der Waals surface area contributed by atoms with E-state index in [1.54, 1.807) is 0 Å². The van der Waals surface area contributed by atoms with Gasteiger partial charge in [0.1, 0.15) is 0 Å². The fourth-order valence-corrected chi connectivity index (χ4v) is 0. The Balaban J connectivity index is 0. The molecule has 0 rings (SSSR count). The van der Waals surface area contributed by atoms with E-state index in [0.717, 1.165) is 25.3 Å². The Morgan fingerprint density at radius 3 is 1.83 bits per heavy atom. The van der Waals surface area contributed by atoms with Crippen LogP contribution in [-0.4, -0.2) is 13.6 Å². The summed E-state index contributed by atoms with van der Waals surface area (Å²) >= 11 is 1.06. The molecule has 0 heterocycles. The van der Waals surface area contributed by atoms with Gasteiger partial charge in [0.25, 0.3) is 0 Å². The Morgan fingerprint density at radius 2 is 1.83 bits per heavy atom. The van der Waals surface area contributed by atoms with Gasteiger partial charge in [0.05, 0.1) is 0 Å². The summed E-state index contributed by atoms with van der Waals surface area (Å²) in [6, 6.07) is 0. The Kier molecular flexibility index (Phi) is 28.0. The molecular formula is C3H9ClNW. The molecule has 0 fully saturated rings. The zero-order valence-electron chi connectivity index (χ0n) is 3.99. The van der Waals surface area contributed by atoms with Crippen LogP contribution in [0.2, 0.25) is 0 Å². The molecule has 0 aromatic carbocycles. The quantitative estimate of drug-likeness (QED) is 0.752. The molecular weight excluding hydrogens is 269 g/mol. The van der Waals surface area contributed by atoms with E-state index in [1.807, 2.05) is 7.05 Å². The van der Waals surface area contributed by atoms with E-state index in [0.29, 0.717) is 0 Å². The zero-order valence-corrected chi connectivity index (χ0v) is 7.68.